The zero-order valence-corrected chi connectivity index (χ0v) is 22.4. The van der Waals surface area contributed by atoms with Crippen molar-refractivity contribution in [2.75, 3.05) is 6.61 Å². The summed E-state index contributed by atoms with van der Waals surface area (Å²) in [5.74, 6) is 0.0566. The summed E-state index contributed by atoms with van der Waals surface area (Å²) in [6.07, 6.45) is 1.46. The van der Waals surface area contributed by atoms with Gasteiger partial charge in [-0.3, -0.25) is 4.79 Å². The van der Waals surface area contributed by atoms with E-state index in [2.05, 4.69) is 10.5 Å². The second kappa shape index (κ2) is 13.5. The van der Waals surface area contributed by atoms with E-state index in [1.165, 1.54) is 6.21 Å². The molecule has 0 saturated heterocycles. The molecule has 0 heterocycles. The van der Waals surface area contributed by atoms with E-state index in [4.69, 9.17) is 37.4 Å². The van der Waals surface area contributed by atoms with Crippen LogP contribution in [-0.2, 0) is 6.61 Å². The van der Waals surface area contributed by atoms with Gasteiger partial charge in [0.2, 0.25) is 0 Å². The minimum atomic E-state index is -0.543. The predicted molar refractivity (Wildman–Crippen MR) is 151 cm³/mol. The van der Waals surface area contributed by atoms with Crippen molar-refractivity contribution in [3.8, 4) is 17.2 Å². The Morgan fingerprint density at radius 3 is 2.23 bits per heavy atom. The zero-order chi connectivity index (χ0) is 27.6. The van der Waals surface area contributed by atoms with Gasteiger partial charge >= 0.3 is 5.97 Å². The molecule has 39 heavy (non-hydrogen) atoms. The van der Waals surface area contributed by atoms with Crippen LogP contribution in [0.2, 0.25) is 10.0 Å². The Kier molecular flexibility index (Phi) is 9.56. The third-order valence-corrected chi connectivity index (χ3v) is 5.87. The van der Waals surface area contributed by atoms with Crippen LogP contribution in [0.3, 0.4) is 0 Å². The second-order valence-electron chi connectivity index (χ2n) is 8.15. The second-order valence-corrected chi connectivity index (χ2v) is 9.02. The first kappa shape index (κ1) is 27.7. The van der Waals surface area contributed by atoms with E-state index in [0.717, 1.165) is 5.56 Å². The number of para-hydroxylation sites is 1. The van der Waals surface area contributed by atoms with Crippen molar-refractivity contribution in [3.05, 3.63) is 123 Å². The van der Waals surface area contributed by atoms with E-state index in [1.54, 1.807) is 78.9 Å². The van der Waals surface area contributed by atoms with Crippen molar-refractivity contribution < 1.29 is 23.8 Å². The summed E-state index contributed by atoms with van der Waals surface area (Å²) in [6.45, 7) is 2.45. The molecule has 4 rings (SSSR count). The van der Waals surface area contributed by atoms with E-state index < -0.39 is 11.9 Å². The van der Waals surface area contributed by atoms with Crippen LogP contribution in [0.1, 0.15) is 38.8 Å². The molecule has 0 radical (unpaired) electrons. The monoisotopic (exact) mass is 562 g/mol. The van der Waals surface area contributed by atoms with Crippen LogP contribution in [0.25, 0.3) is 0 Å². The summed E-state index contributed by atoms with van der Waals surface area (Å²) in [7, 11) is 0. The van der Waals surface area contributed by atoms with Gasteiger partial charge in [0.05, 0.1) is 23.9 Å². The van der Waals surface area contributed by atoms with E-state index >= 15 is 0 Å². The Morgan fingerprint density at radius 1 is 0.821 bits per heavy atom. The van der Waals surface area contributed by atoms with Gasteiger partial charge in [0.1, 0.15) is 12.4 Å². The third-order valence-electron chi connectivity index (χ3n) is 5.37. The molecule has 0 spiro atoms. The van der Waals surface area contributed by atoms with Gasteiger partial charge in [-0.05, 0) is 84.8 Å². The largest absolute Gasteiger partial charge is 0.490 e. The number of ether oxygens (including phenoxy) is 3. The number of benzene rings is 4. The zero-order valence-electron chi connectivity index (χ0n) is 20.9. The molecule has 0 aliphatic heterocycles. The number of nitrogens with one attached hydrogen (secondary N) is 1. The van der Waals surface area contributed by atoms with Crippen molar-refractivity contribution in [1.29, 1.82) is 0 Å². The minimum Gasteiger partial charge on any atom is -0.490 e. The highest BCUT2D eigenvalue weighted by molar-refractivity contribution is 6.30. The van der Waals surface area contributed by atoms with Crippen molar-refractivity contribution >= 4 is 41.3 Å². The van der Waals surface area contributed by atoms with Crippen LogP contribution in [0.4, 0.5) is 0 Å². The molecule has 0 aromatic heterocycles. The Bertz CT molecular complexity index is 1470. The van der Waals surface area contributed by atoms with E-state index in [0.29, 0.717) is 44.8 Å². The van der Waals surface area contributed by atoms with E-state index in [9.17, 15) is 9.59 Å². The fourth-order valence-corrected chi connectivity index (χ4v) is 3.70. The first-order chi connectivity index (χ1) is 18.9. The molecule has 1 N–H and O–H groups in total. The average molecular weight is 563 g/mol. The SMILES string of the molecule is CCOc1cc(/C=N\NC(=O)c2ccccc2OCc2ccc(Cl)cc2)ccc1OC(=O)c1ccc(Cl)cc1. The van der Waals surface area contributed by atoms with Gasteiger partial charge in [0, 0.05) is 10.0 Å². The maximum absolute atomic E-state index is 12.8. The Hall–Kier alpha value is -4.33. The summed E-state index contributed by atoms with van der Waals surface area (Å²) >= 11 is 11.8. The molecule has 0 aliphatic carbocycles. The molecule has 0 atom stereocenters. The first-order valence-corrected chi connectivity index (χ1v) is 12.7. The summed E-state index contributed by atoms with van der Waals surface area (Å²) in [5.41, 5.74) is 4.74. The number of rotatable bonds is 10. The quantitative estimate of drug-likeness (QED) is 0.0977. The standard InChI is InChI=1S/C30H24Cl2N2O5/c1-2-37-28-17-21(9-16-27(28)39-30(36)22-10-14-24(32)15-11-22)18-33-34-29(35)25-5-3-4-6-26(25)38-19-20-7-12-23(31)13-8-20/h3-18H,2,19H2,1H3,(H,34,35)/b33-18-. The Morgan fingerprint density at radius 2 is 1.51 bits per heavy atom. The molecule has 0 saturated carbocycles. The highest BCUT2D eigenvalue weighted by Gasteiger charge is 2.14. The maximum atomic E-state index is 12.8. The number of nitrogens with zero attached hydrogens (tertiary/aromatic N) is 1. The molecule has 4 aromatic carbocycles. The molecule has 0 bridgehead atoms. The summed E-state index contributed by atoms with van der Waals surface area (Å²) in [5, 5.41) is 5.22. The van der Waals surface area contributed by atoms with Gasteiger partial charge in [0.15, 0.2) is 11.5 Å². The molecule has 9 heteroatoms. The topological polar surface area (TPSA) is 86.2 Å². The van der Waals surface area contributed by atoms with Crippen LogP contribution in [0, 0.1) is 0 Å². The molecule has 0 fully saturated rings. The number of esters is 1. The van der Waals surface area contributed by atoms with Crippen molar-refractivity contribution in [3.63, 3.8) is 0 Å². The predicted octanol–water partition coefficient (Wildman–Crippen LogP) is 6.95. The van der Waals surface area contributed by atoms with Crippen molar-refractivity contribution in [1.82, 2.24) is 5.43 Å². The lowest BCUT2D eigenvalue weighted by molar-refractivity contribution is 0.0728. The van der Waals surface area contributed by atoms with Crippen LogP contribution in [0.5, 0.6) is 17.2 Å². The smallest absolute Gasteiger partial charge is 0.343 e. The van der Waals surface area contributed by atoms with Crippen LogP contribution in [-0.4, -0.2) is 24.7 Å². The fraction of sp³-hybridized carbons (Fsp3) is 0.100. The Balaban J connectivity index is 1.41. The lowest BCUT2D eigenvalue weighted by Crippen LogP contribution is -2.18. The Labute approximate surface area is 235 Å². The molecule has 198 valence electrons. The van der Waals surface area contributed by atoms with Crippen molar-refractivity contribution in [2.24, 2.45) is 5.10 Å². The maximum Gasteiger partial charge on any atom is 0.343 e. The molecular weight excluding hydrogens is 539 g/mol. The molecule has 0 aliphatic rings. The number of carbonyl (C=O) groups is 2. The van der Waals surface area contributed by atoms with Gasteiger partial charge in [-0.1, -0.05) is 47.5 Å². The summed E-state index contributed by atoms with van der Waals surface area (Å²) < 4.78 is 17.0. The van der Waals surface area contributed by atoms with Gasteiger partial charge in [-0.2, -0.15) is 5.10 Å². The highest BCUT2D eigenvalue weighted by Crippen LogP contribution is 2.29. The lowest BCUT2D eigenvalue weighted by Gasteiger charge is -2.12. The van der Waals surface area contributed by atoms with E-state index in [-0.39, 0.29) is 12.4 Å². The van der Waals surface area contributed by atoms with Gasteiger partial charge in [-0.25, -0.2) is 10.2 Å². The minimum absolute atomic E-state index is 0.254. The summed E-state index contributed by atoms with van der Waals surface area (Å²) in [4.78, 5) is 25.3. The van der Waals surface area contributed by atoms with E-state index in [1.807, 2.05) is 19.1 Å². The van der Waals surface area contributed by atoms with Gasteiger partial charge < -0.3 is 14.2 Å². The number of halogens is 2. The highest BCUT2D eigenvalue weighted by atomic mass is 35.5. The number of amides is 1. The molecule has 7 nitrogen and oxygen atoms in total. The van der Waals surface area contributed by atoms with Crippen molar-refractivity contribution in [2.45, 2.75) is 13.5 Å². The molecule has 0 unspecified atom stereocenters. The fourth-order valence-electron chi connectivity index (χ4n) is 3.45. The number of hydrogen-bond acceptors (Lipinski definition) is 6. The number of hydrazone groups is 1. The normalized spacial score (nSPS) is 10.7. The van der Waals surface area contributed by atoms with Gasteiger partial charge in [0.25, 0.3) is 5.91 Å². The number of carbonyl (C=O) groups excluding carboxylic acids is 2. The molecular formula is C30H24Cl2N2O5. The van der Waals surface area contributed by atoms with Crippen LogP contribution >= 0.6 is 23.2 Å². The average Bonchev–Trinajstić information content (AvgIpc) is 2.94. The number of hydrogen-bond donors (Lipinski definition) is 1. The lowest BCUT2D eigenvalue weighted by atomic mass is 10.2. The van der Waals surface area contributed by atoms with Gasteiger partial charge in [-0.15, -0.1) is 0 Å². The molecule has 1 amide bonds. The third kappa shape index (κ3) is 7.83. The summed E-state index contributed by atoms with van der Waals surface area (Å²) in [6, 6.07) is 25.5. The van der Waals surface area contributed by atoms with Crippen LogP contribution in [0.15, 0.2) is 96.1 Å². The molecule has 4 aromatic rings. The van der Waals surface area contributed by atoms with Crippen LogP contribution < -0.4 is 19.6 Å². The first-order valence-electron chi connectivity index (χ1n) is 12.0.